The number of carbonyl (C=O) groups is 1. The molecule has 4 aromatic rings. The summed E-state index contributed by atoms with van der Waals surface area (Å²) in [5.41, 5.74) is 5.49. The van der Waals surface area contributed by atoms with Gasteiger partial charge in [-0.25, -0.2) is 0 Å². The maximum atomic E-state index is 12.4. The number of aryl methyl sites for hydroxylation is 1. The van der Waals surface area contributed by atoms with Crippen LogP contribution in [0.3, 0.4) is 0 Å². The van der Waals surface area contributed by atoms with E-state index in [1.165, 1.54) is 11.8 Å². The van der Waals surface area contributed by atoms with Crippen LogP contribution in [-0.2, 0) is 4.79 Å². The zero-order chi connectivity index (χ0) is 20.4. The van der Waals surface area contributed by atoms with Crippen LogP contribution in [0, 0.1) is 13.8 Å². The molecule has 0 radical (unpaired) electrons. The van der Waals surface area contributed by atoms with Crippen LogP contribution in [0.15, 0.2) is 64.2 Å². The van der Waals surface area contributed by atoms with E-state index in [4.69, 9.17) is 0 Å². The van der Waals surface area contributed by atoms with E-state index in [2.05, 4.69) is 36.5 Å². The number of aromatic nitrogens is 4. The molecule has 0 bridgehead atoms. The molecule has 0 saturated carbocycles. The average molecular weight is 468 g/mol. The van der Waals surface area contributed by atoms with Crippen molar-refractivity contribution in [3.05, 3.63) is 70.2 Å². The highest BCUT2D eigenvalue weighted by molar-refractivity contribution is 9.10. The van der Waals surface area contributed by atoms with Gasteiger partial charge in [0, 0.05) is 15.7 Å². The maximum Gasteiger partial charge on any atom is 0.234 e. The van der Waals surface area contributed by atoms with Crippen LogP contribution in [-0.4, -0.2) is 31.5 Å². The predicted octanol–water partition coefficient (Wildman–Crippen LogP) is 4.90. The molecule has 4 rings (SSSR count). The second-order valence-corrected chi connectivity index (χ2v) is 8.42. The number of nitrogens with one attached hydrogen (secondary N) is 1. The Balaban J connectivity index is 1.50. The summed E-state index contributed by atoms with van der Waals surface area (Å²) in [7, 11) is 0. The third-order valence-corrected chi connectivity index (χ3v) is 6.03. The Hall–Kier alpha value is -2.71. The van der Waals surface area contributed by atoms with Gasteiger partial charge in [-0.15, -0.1) is 10.2 Å². The van der Waals surface area contributed by atoms with Crippen LogP contribution in [0.25, 0.3) is 16.9 Å². The van der Waals surface area contributed by atoms with Gasteiger partial charge >= 0.3 is 0 Å². The minimum atomic E-state index is -0.0930. The van der Waals surface area contributed by atoms with E-state index >= 15 is 0 Å². The molecule has 146 valence electrons. The second kappa shape index (κ2) is 8.34. The number of benzene rings is 2. The Morgan fingerprint density at radius 1 is 1.07 bits per heavy atom. The van der Waals surface area contributed by atoms with Gasteiger partial charge in [0.2, 0.25) is 11.1 Å². The molecular formula is C21H18BrN5OS. The van der Waals surface area contributed by atoms with Gasteiger partial charge < -0.3 is 5.32 Å². The van der Waals surface area contributed by atoms with E-state index < -0.39 is 0 Å². The number of thioether (sulfide) groups is 1. The van der Waals surface area contributed by atoms with Crippen LogP contribution in [0.1, 0.15) is 11.1 Å². The fourth-order valence-electron chi connectivity index (χ4n) is 2.84. The number of fused-ring (bicyclic) bond motifs is 1. The Kier molecular flexibility index (Phi) is 5.64. The monoisotopic (exact) mass is 467 g/mol. The number of anilines is 1. The Morgan fingerprint density at radius 3 is 2.66 bits per heavy atom. The summed E-state index contributed by atoms with van der Waals surface area (Å²) >= 11 is 4.75. The minimum absolute atomic E-state index is 0.0930. The molecule has 0 aliphatic heterocycles. The standard InChI is InChI=1S/C21H18BrN5OS/c1-13-4-3-5-17(14(13)2)23-20(28)12-29-21-25-24-19-11-10-18(26-27(19)21)15-6-8-16(22)9-7-15/h3-11H,12H2,1-2H3,(H,23,28). The lowest BCUT2D eigenvalue weighted by molar-refractivity contribution is -0.113. The van der Waals surface area contributed by atoms with Crippen LogP contribution in [0.2, 0.25) is 0 Å². The molecule has 0 saturated heterocycles. The molecule has 2 heterocycles. The normalized spacial score (nSPS) is 11.0. The Morgan fingerprint density at radius 2 is 1.86 bits per heavy atom. The highest BCUT2D eigenvalue weighted by Crippen LogP contribution is 2.23. The zero-order valence-electron chi connectivity index (χ0n) is 15.9. The molecule has 1 N–H and O–H groups in total. The average Bonchev–Trinajstić information content (AvgIpc) is 3.13. The van der Waals surface area contributed by atoms with Crippen molar-refractivity contribution in [3.8, 4) is 11.3 Å². The minimum Gasteiger partial charge on any atom is -0.325 e. The quantitative estimate of drug-likeness (QED) is 0.422. The second-order valence-electron chi connectivity index (χ2n) is 6.56. The van der Waals surface area contributed by atoms with Crippen molar-refractivity contribution in [3.63, 3.8) is 0 Å². The van der Waals surface area contributed by atoms with Crippen molar-refractivity contribution in [1.29, 1.82) is 0 Å². The summed E-state index contributed by atoms with van der Waals surface area (Å²) < 4.78 is 2.69. The molecule has 2 aromatic carbocycles. The molecule has 0 atom stereocenters. The Labute approximate surface area is 180 Å². The van der Waals surface area contributed by atoms with E-state index in [0.29, 0.717) is 10.8 Å². The molecule has 0 unspecified atom stereocenters. The first-order valence-corrected chi connectivity index (χ1v) is 10.8. The maximum absolute atomic E-state index is 12.4. The largest absolute Gasteiger partial charge is 0.325 e. The van der Waals surface area contributed by atoms with Crippen LogP contribution in [0.4, 0.5) is 5.69 Å². The number of nitrogens with zero attached hydrogens (tertiary/aromatic N) is 4. The summed E-state index contributed by atoms with van der Waals surface area (Å²) in [6.07, 6.45) is 0. The predicted molar refractivity (Wildman–Crippen MR) is 119 cm³/mol. The van der Waals surface area contributed by atoms with Crippen molar-refractivity contribution in [2.75, 3.05) is 11.1 Å². The van der Waals surface area contributed by atoms with E-state index in [9.17, 15) is 4.79 Å². The van der Waals surface area contributed by atoms with Crippen LogP contribution >= 0.6 is 27.7 Å². The zero-order valence-corrected chi connectivity index (χ0v) is 18.3. The molecule has 8 heteroatoms. The lowest BCUT2D eigenvalue weighted by atomic mass is 10.1. The summed E-state index contributed by atoms with van der Waals surface area (Å²) in [5, 5.41) is 16.5. The van der Waals surface area contributed by atoms with Crippen molar-refractivity contribution in [1.82, 2.24) is 19.8 Å². The van der Waals surface area contributed by atoms with Crippen LogP contribution in [0.5, 0.6) is 0 Å². The summed E-state index contributed by atoms with van der Waals surface area (Å²) in [4.78, 5) is 12.4. The third kappa shape index (κ3) is 4.33. The molecule has 6 nitrogen and oxygen atoms in total. The molecule has 1 amide bonds. The van der Waals surface area contributed by atoms with Gasteiger partial charge in [-0.05, 0) is 55.3 Å². The van der Waals surface area contributed by atoms with Crippen LogP contribution < -0.4 is 5.32 Å². The highest BCUT2D eigenvalue weighted by atomic mass is 79.9. The number of hydrogen-bond acceptors (Lipinski definition) is 5. The van der Waals surface area contributed by atoms with Gasteiger partial charge in [-0.1, -0.05) is 52.0 Å². The van der Waals surface area contributed by atoms with E-state index in [0.717, 1.165) is 32.5 Å². The Bertz CT molecular complexity index is 1190. The number of hydrogen-bond donors (Lipinski definition) is 1. The molecule has 0 fully saturated rings. The first kappa shape index (κ1) is 19.6. The molecule has 0 aliphatic carbocycles. The van der Waals surface area contributed by atoms with Crippen molar-refractivity contribution in [2.45, 2.75) is 19.0 Å². The third-order valence-electron chi connectivity index (χ3n) is 4.59. The lowest BCUT2D eigenvalue weighted by Crippen LogP contribution is -2.15. The number of halogens is 1. The van der Waals surface area contributed by atoms with Gasteiger partial charge in [-0.2, -0.15) is 9.61 Å². The van der Waals surface area contributed by atoms with Gasteiger partial charge in [-0.3, -0.25) is 4.79 Å². The number of amides is 1. The van der Waals surface area contributed by atoms with Gasteiger partial charge in [0.15, 0.2) is 5.65 Å². The first-order valence-electron chi connectivity index (χ1n) is 8.98. The highest BCUT2D eigenvalue weighted by Gasteiger charge is 2.12. The van der Waals surface area contributed by atoms with Gasteiger partial charge in [0.25, 0.3) is 0 Å². The first-order chi connectivity index (χ1) is 14.0. The summed E-state index contributed by atoms with van der Waals surface area (Å²) in [6.45, 7) is 4.02. The van der Waals surface area contributed by atoms with Crippen molar-refractivity contribution >= 4 is 44.9 Å². The fourth-order valence-corrected chi connectivity index (χ4v) is 3.79. The fraction of sp³-hybridized carbons (Fsp3) is 0.143. The molecule has 0 spiro atoms. The molecule has 2 aromatic heterocycles. The lowest BCUT2D eigenvalue weighted by Gasteiger charge is -2.09. The number of rotatable bonds is 5. The number of carbonyl (C=O) groups excluding carboxylic acids is 1. The summed E-state index contributed by atoms with van der Waals surface area (Å²) in [5.74, 6) is 0.128. The van der Waals surface area contributed by atoms with E-state index in [1.54, 1.807) is 4.52 Å². The topological polar surface area (TPSA) is 72.2 Å². The SMILES string of the molecule is Cc1cccc(NC(=O)CSc2nnc3ccc(-c4ccc(Br)cc4)nn23)c1C. The molecular weight excluding hydrogens is 450 g/mol. The smallest absolute Gasteiger partial charge is 0.234 e. The molecule has 29 heavy (non-hydrogen) atoms. The van der Waals surface area contributed by atoms with Gasteiger partial charge in [0.05, 0.1) is 11.4 Å². The molecule has 0 aliphatic rings. The van der Waals surface area contributed by atoms with Crippen molar-refractivity contribution in [2.24, 2.45) is 0 Å². The van der Waals surface area contributed by atoms with E-state index in [1.807, 2.05) is 68.4 Å². The summed E-state index contributed by atoms with van der Waals surface area (Å²) in [6, 6.07) is 17.6. The van der Waals surface area contributed by atoms with Crippen molar-refractivity contribution < 1.29 is 4.79 Å². The van der Waals surface area contributed by atoms with Gasteiger partial charge in [0.1, 0.15) is 0 Å². The van der Waals surface area contributed by atoms with E-state index in [-0.39, 0.29) is 11.7 Å².